The zero-order chi connectivity index (χ0) is 9.14. The Morgan fingerprint density at radius 3 is 2.42 bits per heavy atom. The summed E-state index contributed by atoms with van der Waals surface area (Å²) in [5.74, 6) is 0.827. The molecule has 3 heteroatoms. The molecule has 1 aliphatic rings. The molecule has 1 aliphatic carbocycles. The molecular weight excluding hydrogens is 154 g/mol. The van der Waals surface area contributed by atoms with Gasteiger partial charge < -0.3 is 15.9 Å². The first-order valence-corrected chi connectivity index (χ1v) is 4.69. The van der Waals surface area contributed by atoms with Crippen molar-refractivity contribution >= 4 is 0 Å². The molecule has 0 radical (unpaired) electrons. The Kier molecular flexibility index (Phi) is 3.50. The highest BCUT2D eigenvalue weighted by Crippen LogP contribution is 2.33. The van der Waals surface area contributed by atoms with Gasteiger partial charge in [-0.15, -0.1) is 0 Å². The van der Waals surface area contributed by atoms with Crippen molar-refractivity contribution in [2.45, 2.75) is 25.9 Å². The molecule has 0 spiro atoms. The van der Waals surface area contributed by atoms with E-state index in [1.54, 1.807) is 0 Å². The van der Waals surface area contributed by atoms with E-state index in [1.165, 1.54) is 0 Å². The lowest BCUT2D eigenvalue weighted by atomic mass is 9.71. The van der Waals surface area contributed by atoms with E-state index in [0.29, 0.717) is 18.4 Å². The van der Waals surface area contributed by atoms with Gasteiger partial charge in [-0.2, -0.15) is 0 Å². The van der Waals surface area contributed by atoms with Gasteiger partial charge in [0.25, 0.3) is 0 Å². The number of hydrogen-bond donors (Lipinski definition) is 3. The van der Waals surface area contributed by atoms with Gasteiger partial charge in [-0.25, -0.2) is 0 Å². The first kappa shape index (κ1) is 9.96. The van der Waals surface area contributed by atoms with Crippen LogP contribution < -0.4 is 5.73 Å². The second-order valence-corrected chi connectivity index (χ2v) is 3.87. The van der Waals surface area contributed by atoms with Crippen molar-refractivity contribution in [2.75, 3.05) is 13.2 Å². The highest BCUT2D eigenvalue weighted by molar-refractivity contribution is 4.85. The highest BCUT2D eigenvalue weighted by Gasteiger charge is 2.34. The third-order valence-corrected chi connectivity index (χ3v) is 3.18. The van der Waals surface area contributed by atoms with Crippen LogP contribution in [0.3, 0.4) is 0 Å². The molecule has 0 saturated heterocycles. The van der Waals surface area contributed by atoms with Gasteiger partial charge in [-0.3, -0.25) is 0 Å². The minimum Gasteiger partial charge on any atom is -0.396 e. The summed E-state index contributed by atoms with van der Waals surface area (Å²) in [4.78, 5) is 0. The first-order chi connectivity index (χ1) is 5.70. The Bertz CT molecular complexity index is 124. The molecule has 1 saturated carbocycles. The number of rotatable bonds is 2. The SMILES string of the molecule is CC1CCC(O)C(CO)C1CN. The lowest BCUT2D eigenvalue weighted by Crippen LogP contribution is -2.42. The topological polar surface area (TPSA) is 66.5 Å². The Morgan fingerprint density at radius 1 is 1.33 bits per heavy atom. The summed E-state index contributed by atoms with van der Waals surface area (Å²) in [6.07, 6.45) is 1.49. The summed E-state index contributed by atoms with van der Waals surface area (Å²) in [6.45, 7) is 2.78. The molecule has 12 heavy (non-hydrogen) atoms. The fourth-order valence-corrected chi connectivity index (χ4v) is 2.23. The summed E-state index contributed by atoms with van der Waals surface area (Å²) in [7, 11) is 0. The zero-order valence-corrected chi connectivity index (χ0v) is 7.61. The highest BCUT2D eigenvalue weighted by atomic mass is 16.3. The Hall–Kier alpha value is -0.120. The summed E-state index contributed by atoms with van der Waals surface area (Å²) >= 11 is 0. The molecule has 4 atom stereocenters. The molecule has 0 heterocycles. The quantitative estimate of drug-likeness (QED) is 0.549. The Morgan fingerprint density at radius 2 is 2.00 bits per heavy atom. The normalized spacial score (nSPS) is 43.0. The van der Waals surface area contributed by atoms with Gasteiger partial charge in [-0.1, -0.05) is 6.92 Å². The van der Waals surface area contributed by atoms with Crippen LogP contribution in [0.25, 0.3) is 0 Å². The van der Waals surface area contributed by atoms with E-state index in [0.717, 1.165) is 12.8 Å². The van der Waals surface area contributed by atoms with Crippen molar-refractivity contribution in [1.82, 2.24) is 0 Å². The summed E-state index contributed by atoms with van der Waals surface area (Å²) in [6, 6.07) is 0. The van der Waals surface area contributed by atoms with E-state index in [1.807, 2.05) is 0 Å². The first-order valence-electron chi connectivity index (χ1n) is 4.69. The van der Waals surface area contributed by atoms with Crippen molar-refractivity contribution in [3.63, 3.8) is 0 Å². The number of aliphatic hydroxyl groups is 2. The predicted molar refractivity (Wildman–Crippen MR) is 47.5 cm³/mol. The molecule has 72 valence electrons. The van der Waals surface area contributed by atoms with Crippen LogP contribution in [0.5, 0.6) is 0 Å². The van der Waals surface area contributed by atoms with Gasteiger partial charge in [0, 0.05) is 12.5 Å². The third-order valence-electron chi connectivity index (χ3n) is 3.18. The Balaban J connectivity index is 2.61. The van der Waals surface area contributed by atoms with Gasteiger partial charge in [0.1, 0.15) is 0 Å². The number of nitrogens with two attached hydrogens (primary N) is 1. The van der Waals surface area contributed by atoms with Crippen molar-refractivity contribution < 1.29 is 10.2 Å². The van der Waals surface area contributed by atoms with Crippen molar-refractivity contribution in [2.24, 2.45) is 23.5 Å². The zero-order valence-electron chi connectivity index (χ0n) is 7.61. The van der Waals surface area contributed by atoms with Crippen LogP contribution in [0.2, 0.25) is 0 Å². The monoisotopic (exact) mass is 173 g/mol. The summed E-state index contributed by atoms with van der Waals surface area (Å²) in [5, 5.41) is 18.6. The molecule has 1 rings (SSSR count). The maximum Gasteiger partial charge on any atom is 0.0593 e. The largest absolute Gasteiger partial charge is 0.396 e. The smallest absolute Gasteiger partial charge is 0.0593 e. The van der Waals surface area contributed by atoms with Crippen molar-refractivity contribution in [3.8, 4) is 0 Å². The number of hydrogen-bond acceptors (Lipinski definition) is 3. The van der Waals surface area contributed by atoms with Crippen LogP contribution >= 0.6 is 0 Å². The van der Waals surface area contributed by atoms with Crippen LogP contribution in [0.1, 0.15) is 19.8 Å². The predicted octanol–water partition coefficient (Wildman–Crippen LogP) is -0.0394. The average molecular weight is 173 g/mol. The van der Waals surface area contributed by atoms with Crippen LogP contribution in [-0.4, -0.2) is 29.5 Å². The molecule has 4 unspecified atom stereocenters. The molecular formula is C9H19NO2. The lowest BCUT2D eigenvalue weighted by Gasteiger charge is -2.38. The minimum absolute atomic E-state index is 0.00116. The van der Waals surface area contributed by atoms with Gasteiger partial charge in [0.2, 0.25) is 0 Å². The fraction of sp³-hybridized carbons (Fsp3) is 1.00. The third kappa shape index (κ3) is 1.79. The molecule has 0 aliphatic heterocycles. The fourth-order valence-electron chi connectivity index (χ4n) is 2.23. The van der Waals surface area contributed by atoms with E-state index < -0.39 is 0 Å². The molecule has 0 aromatic carbocycles. The number of aliphatic hydroxyl groups excluding tert-OH is 2. The van der Waals surface area contributed by atoms with Crippen molar-refractivity contribution in [1.29, 1.82) is 0 Å². The van der Waals surface area contributed by atoms with Gasteiger partial charge in [0.15, 0.2) is 0 Å². The van der Waals surface area contributed by atoms with E-state index in [4.69, 9.17) is 10.8 Å². The van der Waals surface area contributed by atoms with E-state index in [9.17, 15) is 5.11 Å². The molecule has 0 aromatic heterocycles. The second kappa shape index (κ2) is 4.21. The van der Waals surface area contributed by atoms with E-state index >= 15 is 0 Å². The van der Waals surface area contributed by atoms with E-state index in [2.05, 4.69) is 6.92 Å². The molecule has 1 fully saturated rings. The van der Waals surface area contributed by atoms with E-state index in [-0.39, 0.29) is 18.6 Å². The molecule has 3 nitrogen and oxygen atoms in total. The summed E-state index contributed by atoms with van der Waals surface area (Å²) < 4.78 is 0. The molecule has 0 aromatic rings. The van der Waals surface area contributed by atoms with Crippen LogP contribution in [0.4, 0.5) is 0 Å². The maximum absolute atomic E-state index is 9.57. The second-order valence-electron chi connectivity index (χ2n) is 3.87. The van der Waals surface area contributed by atoms with Gasteiger partial charge >= 0.3 is 0 Å². The minimum atomic E-state index is -0.347. The summed E-state index contributed by atoms with van der Waals surface area (Å²) in [5.41, 5.74) is 5.60. The van der Waals surface area contributed by atoms with Crippen LogP contribution in [-0.2, 0) is 0 Å². The maximum atomic E-state index is 9.57. The molecule has 4 N–H and O–H groups in total. The van der Waals surface area contributed by atoms with Crippen molar-refractivity contribution in [3.05, 3.63) is 0 Å². The Labute approximate surface area is 73.6 Å². The lowest BCUT2D eigenvalue weighted by molar-refractivity contribution is -0.0186. The standard InChI is InChI=1S/C9H19NO2/c1-6-2-3-9(12)8(5-11)7(6)4-10/h6-9,11-12H,2-5,10H2,1H3. The van der Waals surface area contributed by atoms with Crippen LogP contribution in [0.15, 0.2) is 0 Å². The molecule has 0 bridgehead atoms. The van der Waals surface area contributed by atoms with Gasteiger partial charge in [-0.05, 0) is 31.2 Å². The average Bonchev–Trinajstić information content (AvgIpc) is 2.08. The molecule has 0 amide bonds. The van der Waals surface area contributed by atoms with Gasteiger partial charge in [0.05, 0.1) is 6.10 Å². The van der Waals surface area contributed by atoms with Crippen LogP contribution in [0, 0.1) is 17.8 Å².